The Hall–Kier alpha value is -2.75. The summed E-state index contributed by atoms with van der Waals surface area (Å²) in [6, 6.07) is 24.0. The number of halogens is 1. The topological polar surface area (TPSA) is 51.0 Å². The summed E-state index contributed by atoms with van der Waals surface area (Å²) >= 11 is 6.29. The lowest BCUT2D eigenvalue weighted by atomic mass is 9.99. The van der Waals surface area contributed by atoms with E-state index >= 15 is 0 Å². The van der Waals surface area contributed by atoms with Gasteiger partial charge in [0.1, 0.15) is 11.5 Å². The van der Waals surface area contributed by atoms with Gasteiger partial charge in [-0.15, -0.1) is 0 Å². The van der Waals surface area contributed by atoms with Crippen molar-refractivity contribution in [2.45, 2.75) is 19.3 Å². The van der Waals surface area contributed by atoms with Crippen molar-refractivity contribution in [3.8, 4) is 22.8 Å². The van der Waals surface area contributed by atoms with E-state index in [2.05, 4.69) is 11.1 Å². The van der Waals surface area contributed by atoms with E-state index in [-0.39, 0.29) is 0 Å². The van der Waals surface area contributed by atoms with Crippen LogP contribution in [0.25, 0.3) is 22.2 Å². The highest BCUT2D eigenvalue weighted by Gasteiger charge is 2.17. The summed E-state index contributed by atoms with van der Waals surface area (Å²) in [5.74, 6) is 1.64. The molecule has 0 unspecified atom stereocenters. The summed E-state index contributed by atoms with van der Waals surface area (Å²) in [5, 5.41) is 1.90. The van der Waals surface area contributed by atoms with Crippen LogP contribution in [0.3, 0.4) is 0 Å². The number of aryl methyl sites for hydroxylation is 1. The third kappa shape index (κ3) is 3.91. The molecule has 0 spiro atoms. The van der Waals surface area contributed by atoms with E-state index < -0.39 is 0 Å². The van der Waals surface area contributed by atoms with Crippen molar-refractivity contribution in [3.63, 3.8) is 0 Å². The maximum Gasteiger partial charge on any atom is 0.136 e. The zero-order valence-corrected chi connectivity index (χ0v) is 16.4. The van der Waals surface area contributed by atoms with Crippen LogP contribution in [0.4, 0.5) is 0 Å². The van der Waals surface area contributed by atoms with E-state index in [9.17, 15) is 0 Å². The number of unbranched alkanes of at least 4 members (excludes halogenated alkanes) is 1. The first-order valence-corrected chi connectivity index (χ1v) is 9.96. The number of fused-ring (bicyclic) bond motifs is 1. The van der Waals surface area contributed by atoms with Gasteiger partial charge in [-0.1, -0.05) is 41.9 Å². The molecule has 0 atom stereocenters. The van der Waals surface area contributed by atoms with E-state index in [1.165, 1.54) is 5.56 Å². The van der Waals surface area contributed by atoms with Crippen LogP contribution in [0, 0.1) is 0 Å². The van der Waals surface area contributed by atoms with Crippen molar-refractivity contribution < 1.29 is 4.74 Å². The SMILES string of the molecule is NCCCCc1c(-c2ccccc2Oc2ccccc2)[nH]c2ccc(Cl)cc12. The third-order valence-electron chi connectivity index (χ3n) is 4.88. The fourth-order valence-electron chi connectivity index (χ4n) is 3.53. The van der Waals surface area contributed by atoms with Crippen LogP contribution in [0.15, 0.2) is 72.8 Å². The Morgan fingerprint density at radius 1 is 0.893 bits per heavy atom. The van der Waals surface area contributed by atoms with Crippen LogP contribution in [-0.4, -0.2) is 11.5 Å². The van der Waals surface area contributed by atoms with Gasteiger partial charge in [0.15, 0.2) is 0 Å². The number of ether oxygens (including phenoxy) is 1. The Labute approximate surface area is 170 Å². The Bertz CT molecular complexity index is 1070. The minimum absolute atomic E-state index is 0.701. The van der Waals surface area contributed by atoms with Crippen molar-refractivity contribution in [3.05, 3.63) is 83.4 Å². The number of nitrogens with two attached hydrogens (primary N) is 1. The molecule has 1 heterocycles. The maximum atomic E-state index is 6.29. The Morgan fingerprint density at radius 2 is 1.68 bits per heavy atom. The first-order valence-electron chi connectivity index (χ1n) is 9.59. The quantitative estimate of drug-likeness (QED) is 0.351. The zero-order valence-electron chi connectivity index (χ0n) is 15.6. The fourth-order valence-corrected chi connectivity index (χ4v) is 3.71. The van der Waals surface area contributed by atoms with E-state index in [1.807, 2.05) is 66.7 Å². The molecule has 28 heavy (non-hydrogen) atoms. The number of para-hydroxylation sites is 2. The summed E-state index contributed by atoms with van der Waals surface area (Å²) < 4.78 is 6.20. The molecule has 3 aromatic carbocycles. The number of aromatic nitrogens is 1. The normalized spacial score (nSPS) is 11.1. The first-order chi connectivity index (χ1) is 13.8. The van der Waals surface area contributed by atoms with Gasteiger partial charge in [-0.2, -0.15) is 0 Å². The molecule has 142 valence electrons. The molecule has 0 amide bonds. The van der Waals surface area contributed by atoms with Crippen LogP contribution in [0.1, 0.15) is 18.4 Å². The Balaban J connectivity index is 1.81. The molecular formula is C24H23ClN2O. The zero-order chi connectivity index (χ0) is 19.3. The molecule has 4 aromatic rings. The van der Waals surface area contributed by atoms with Gasteiger partial charge in [0.2, 0.25) is 0 Å². The minimum atomic E-state index is 0.701. The third-order valence-corrected chi connectivity index (χ3v) is 5.11. The van der Waals surface area contributed by atoms with Crippen LogP contribution in [-0.2, 0) is 6.42 Å². The molecule has 0 saturated heterocycles. The standard InChI is InChI=1S/C24H23ClN2O/c25-17-13-14-22-21(16-17)19(10-6-7-15-26)24(27-22)20-11-4-5-12-23(20)28-18-8-2-1-3-9-18/h1-5,8-9,11-14,16,27H,6-7,10,15,26H2. The molecule has 0 aliphatic carbocycles. The van der Waals surface area contributed by atoms with Crippen molar-refractivity contribution in [2.24, 2.45) is 5.73 Å². The predicted octanol–water partition coefficient (Wildman–Crippen LogP) is 6.56. The molecule has 3 N–H and O–H groups in total. The lowest BCUT2D eigenvalue weighted by molar-refractivity contribution is 0.484. The molecule has 1 aromatic heterocycles. The number of hydrogen-bond acceptors (Lipinski definition) is 2. The van der Waals surface area contributed by atoms with Gasteiger partial charge in [0, 0.05) is 21.5 Å². The Morgan fingerprint density at radius 3 is 2.50 bits per heavy atom. The fraction of sp³-hybridized carbons (Fsp3) is 0.167. The monoisotopic (exact) mass is 390 g/mol. The molecule has 0 fully saturated rings. The molecule has 3 nitrogen and oxygen atoms in total. The highest BCUT2D eigenvalue weighted by molar-refractivity contribution is 6.31. The Kier molecular flexibility index (Phi) is 5.65. The van der Waals surface area contributed by atoms with Crippen molar-refractivity contribution in [1.29, 1.82) is 0 Å². The summed E-state index contributed by atoms with van der Waals surface area (Å²) in [4.78, 5) is 3.59. The van der Waals surface area contributed by atoms with Gasteiger partial charge in [-0.25, -0.2) is 0 Å². The highest BCUT2D eigenvalue weighted by Crippen LogP contribution is 2.38. The summed E-state index contributed by atoms with van der Waals surface area (Å²) in [6.45, 7) is 0.701. The molecule has 0 saturated carbocycles. The second-order valence-corrected chi connectivity index (χ2v) is 7.26. The van der Waals surface area contributed by atoms with Crippen molar-refractivity contribution in [1.82, 2.24) is 4.98 Å². The minimum Gasteiger partial charge on any atom is -0.457 e. The van der Waals surface area contributed by atoms with Crippen LogP contribution in [0.5, 0.6) is 11.5 Å². The van der Waals surface area contributed by atoms with Gasteiger partial charge >= 0.3 is 0 Å². The molecule has 4 heteroatoms. The summed E-state index contributed by atoms with van der Waals surface area (Å²) in [7, 11) is 0. The lowest BCUT2D eigenvalue weighted by Gasteiger charge is -2.12. The van der Waals surface area contributed by atoms with Crippen molar-refractivity contribution >= 4 is 22.5 Å². The molecular weight excluding hydrogens is 368 g/mol. The average Bonchev–Trinajstić information content (AvgIpc) is 3.07. The molecule has 0 aliphatic heterocycles. The van der Waals surface area contributed by atoms with Crippen molar-refractivity contribution in [2.75, 3.05) is 6.54 Å². The van der Waals surface area contributed by atoms with Gasteiger partial charge in [-0.05, 0) is 73.8 Å². The largest absolute Gasteiger partial charge is 0.457 e. The summed E-state index contributed by atoms with van der Waals surface area (Å²) in [6.07, 6.45) is 2.96. The molecule has 0 radical (unpaired) electrons. The number of hydrogen-bond donors (Lipinski definition) is 2. The van der Waals surface area contributed by atoms with Crippen LogP contribution in [0.2, 0.25) is 5.02 Å². The maximum absolute atomic E-state index is 6.29. The van der Waals surface area contributed by atoms with E-state index in [4.69, 9.17) is 22.1 Å². The van der Waals surface area contributed by atoms with E-state index in [0.29, 0.717) is 6.54 Å². The van der Waals surface area contributed by atoms with Gasteiger partial charge < -0.3 is 15.5 Å². The van der Waals surface area contributed by atoms with E-state index in [0.717, 1.165) is 57.9 Å². The van der Waals surface area contributed by atoms with Gasteiger partial charge in [0.05, 0.1) is 5.69 Å². The average molecular weight is 391 g/mol. The van der Waals surface area contributed by atoms with Gasteiger partial charge in [0.25, 0.3) is 0 Å². The second-order valence-electron chi connectivity index (χ2n) is 6.83. The van der Waals surface area contributed by atoms with Crippen LogP contribution < -0.4 is 10.5 Å². The number of rotatable bonds is 7. The number of aromatic amines is 1. The van der Waals surface area contributed by atoms with Gasteiger partial charge in [-0.3, -0.25) is 0 Å². The lowest BCUT2D eigenvalue weighted by Crippen LogP contribution is -1.99. The molecule has 0 bridgehead atoms. The number of benzene rings is 3. The predicted molar refractivity (Wildman–Crippen MR) is 117 cm³/mol. The number of H-pyrrole nitrogens is 1. The molecule has 0 aliphatic rings. The van der Waals surface area contributed by atoms with E-state index in [1.54, 1.807) is 0 Å². The smallest absolute Gasteiger partial charge is 0.136 e. The molecule has 4 rings (SSSR count). The first kappa shape index (κ1) is 18.6. The summed E-state index contributed by atoms with van der Waals surface area (Å²) in [5.41, 5.74) is 10.2. The second kappa shape index (κ2) is 8.51. The highest BCUT2D eigenvalue weighted by atomic mass is 35.5. The number of nitrogens with one attached hydrogen (secondary N) is 1. The van der Waals surface area contributed by atoms with Crippen LogP contribution >= 0.6 is 11.6 Å².